The lowest BCUT2D eigenvalue weighted by Gasteiger charge is -2.06. The van der Waals surface area contributed by atoms with Gasteiger partial charge >= 0.3 is 0 Å². The minimum Gasteiger partial charge on any atom is -0.439 e. The van der Waals surface area contributed by atoms with Crippen LogP contribution in [0.15, 0.2) is 33.5 Å². The monoisotopic (exact) mass is 324 g/mol. The van der Waals surface area contributed by atoms with Crippen molar-refractivity contribution in [2.75, 3.05) is 0 Å². The number of nitrogens with zero attached hydrogens (tertiary/aromatic N) is 1. The first-order valence-electron chi connectivity index (χ1n) is 5.86. The van der Waals surface area contributed by atoms with Crippen LogP contribution in [0, 0.1) is 5.82 Å². The van der Waals surface area contributed by atoms with Gasteiger partial charge in [0.15, 0.2) is 0 Å². The first kappa shape index (κ1) is 12.3. The zero-order chi connectivity index (χ0) is 13.4. The molecule has 0 bridgehead atoms. The Hall–Kier alpha value is -1.69. The van der Waals surface area contributed by atoms with Gasteiger partial charge in [-0.15, -0.1) is 0 Å². The molecule has 3 rings (SSSR count). The maximum atomic E-state index is 13.1. The largest absolute Gasteiger partial charge is 0.439 e. The molecule has 1 heterocycles. The molecule has 19 heavy (non-hydrogen) atoms. The molecule has 1 aliphatic carbocycles. The van der Waals surface area contributed by atoms with Crippen LogP contribution in [0.25, 0.3) is 0 Å². The quantitative estimate of drug-likeness (QED) is 0.942. The smallest absolute Gasteiger partial charge is 0.254 e. The van der Waals surface area contributed by atoms with Crippen molar-refractivity contribution < 1.29 is 9.13 Å². The molecule has 1 aromatic heterocycles. The summed E-state index contributed by atoms with van der Waals surface area (Å²) in [7, 11) is 0. The van der Waals surface area contributed by atoms with E-state index in [0.29, 0.717) is 22.0 Å². The van der Waals surface area contributed by atoms with Gasteiger partial charge in [-0.1, -0.05) is 0 Å². The van der Waals surface area contributed by atoms with Gasteiger partial charge in [-0.25, -0.2) is 4.39 Å². The van der Waals surface area contributed by atoms with Gasteiger partial charge in [-0.3, -0.25) is 4.79 Å². The van der Waals surface area contributed by atoms with Crippen molar-refractivity contribution in [2.45, 2.75) is 18.8 Å². The molecule has 1 N–H and O–H groups in total. The maximum absolute atomic E-state index is 13.1. The van der Waals surface area contributed by atoms with Crippen LogP contribution in [-0.2, 0) is 0 Å². The van der Waals surface area contributed by atoms with Crippen molar-refractivity contribution in [3.63, 3.8) is 0 Å². The molecule has 1 aromatic carbocycles. The minimum atomic E-state index is -0.370. The standard InChI is InChI=1S/C13H10BrFN2O2/c14-9-5-8(3-4-10(9)15)19-12-6-11(18)16-13(17-12)7-1-2-7/h3-7H,1-2H2,(H,16,17,18). The second-order valence-electron chi connectivity index (χ2n) is 4.42. The second kappa shape index (κ2) is 4.77. The molecule has 0 radical (unpaired) electrons. The van der Waals surface area contributed by atoms with Crippen LogP contribution >= 0.6 is 15.9 Å². The third-order valence-corrected chi connectivity index (χ3v) is 3.42. The summed E-state index contributed by atoms with van der Waals surface area (Å²) in [6.45, 7) is 0. The molecule has 0 spiro atoms. The van der Waals surface area contributed by atoms with Crippen molar-refractivity contribution in [1.82, 2.24) is 9.97 Å². The summed E-state index contributed by atoms with van der Waals surface area (Å²) in [5.41, 5.74) is -0.243. The molecule has 1 saturated carbocycles. The summed E-state index contributed by atoms with van der Waals surface area (Å²) >= 11 is 3.08. The molecule has 0 amide bonds. The number of hydrogen-bond donors (Lipinski definition) is 1. The Morgan fingerprint density at radius 3 is 2.84 bits per heavy atom. The summed E-state index contributed by atoms with van der Waals surface area (Å²) in [4.78, 5) is 18.5. The van der Waals surface area contributed by atoms with Gasteiger partial charge in [-0.2, -0.15) is 4.98 Å². The van der Waals surface area contributed by atoms with Gasteiger partial charge in [-0.05, 0) is 47.0 Å². The van der Waals surface area contributed by atoms with Crippen LogP contribution < -0.4 is 10.3 Å². The van der Waals surface area contributed by atoms with E-state index in [4.69, 9.17) is 4.74 Å². The van der Waals surface area contributed by atoms with Crippen LogP contribution in [-0.4, -0.2) is 9.97 Å². The van der Waals surface area contributed by atoms with E-state index in [2.05, 4.69) is 25.9 Å². The third kappa shape index (κ3) is 2.84. The fraction of sp³-hybridized carbons (Fsp3) is 0.231. The Kier molecular flexibility index (Phi) is 3.10. The SMILES string of the molecule is O=c1cc(Oc2ccc(F)c(Br)c2)nc(C2CC2)[nH]1. The van der Waals surface area contributed by atoms with Gasteiger partial charge in [0, 0.05) is 5.92 Å². The summed E-state index contributed by atoms with van der Waals surface area (Å²) in [6.07, 6.45) is 2.07. The normalized spacial score (nSPS) is 14.4. The predicted octanol–water partition coefficient (Wildman–Crippen LogP) is 3.34. The fourth-order valence-electron chi connectivity index (χ4n) is 1.72. The van der Waals surface area contributed by atoms with Gasteiger partial charge in [0.1, 0.15) is 17.4 Å². The number of ether oxygens (including phenoxy) is 1. The molecular weight excluding hydrogens is 315 g/mol. The minimum absolute atomic E-state index is 0.226. The molecule has 0 aliphatic heterocycles. The maximum Gasteiger partial charge on any atom is 0.254 e. The molecule has 0 unspecified atom stereocenters. The molecule has 0 atom stereocenters. The van der Waals surface area contributed by atoms with E-state index in [9.17, 15) is 9.18 Å². The summed E-state index contributed by atoms with van der Waals surface area (Å²) in [5.74, 6) is 1.27. The lowest BCUT2D eigenvalue weighted by atomic mass is 10.3. The highest BCUT2D eigenvalue weighted by molar-refractivity contribution is 9.10. The molecule has 0 saturated heterocycles. The number of nitrogens with one attached hydrogen (secondary N) is 1. The Morgan fingerprint density at radius 1 is 1.37 bits per heavy atom. The van der Waals surface area contributed by atoms with Crippen molar-refractivity contribution >= 4 is 15.9 Å². The van der Waals surface area contributed by atoms with E-state index < -0.39 is 0 Å². The van der Waals surface area contributed by atoms with Crippen LogP contribution in [0.4, 0.5) is 4.39 Å². The number of aromatic amines is 1. The highest BCUT2D eigenvalue weighted by Gasteiger charge is 2.26. The first-order chi connectivity index (χ1) is 9.11. The highest BCUT2D eigenvalue weighted by atomic mass is 79.9. The molecule has 1 aliphatic rings. The van der Waals surface area contributed by atoms with E-state index in [-0.39, 0.29) is 17.3 Å². The Morgan fingerprint density at radius 2 is 2.16 bits per heavy atom. The molecule has 2 aromatic rings. The van der Waals surface area contributed by atoms with Crippen molar-refractivity contribution in [3.8, 4) is 11.6 Å². The van der Waals surface area contributed by atoms with Gasteiger partial charge in [0.05, 0.1) is 10.5 Å². The fourth-order valence-corrected chi connectivity index (χ4v) is 2.07. The number of H-pyrrole nitrogens is 1. The van der Waals surface area contributed by atoms with Gasteiger partial charge in [0.25, 0.3) is 5.56 Å². The van der Waals surface area contributed by atoms with Crippen LogP contribution in [0.2, 0.25) is 0 Å². The number of aromatic nitrogens is 2. The topological polar surface area (TPSA) is 55.0 Å². The lowest BCUT2D eigenvalue weighted by Crippen LogP contribution is -2.10. The van der Waals surface area contributed by atoms with Gasteiger partial charge < -0.3 is 9.72 Å². The highest BCUT2D eigenvalue weighted by Crippen LogP contribution is 2.38. The Labute approximate surface area is 116 Å². The van der Waals surface area contributed by atoms with E-state index in [0.717, 1.165) is 12.8 Å². The lowest BCUT2D eigenvalue weighted by molar-refractivity contribution is 0.455. The summed E-state index contributed by atoms with van der Waals surface area (Å²) < 4.78 is 18.9. The number of rotatable bonds is 3. The summed E-state index contributed by atoms with van der Waals surface area (Å²) in [6, 6.07) is 5.55. The second-order valence-corrected chi connectivity index (χ2v) is 5.28. The number of halogens is 2. The van der Waals surface area contributed by atoms with Crippen molar-refractivity contribution in [1.29, 1.82) is 0 Å². The zero-order valence-electron chi connectivity index (χ0n) is 9.82. The predicted molar refractivity (Wildman–Crippen MR) is 71.0 cm³/mol. The third-order valence-electron chi connectivity index (χ3n) is 2.81. The Bertz CT molecular complexity index is 683. The molecule has 6 heteroatoms. The van der Waals surface area contributed by atoms with Crippen LogP contribution in [0.3, 0.4) is 0 Å². The summed E-state index contributed by atoms with van der Waals surface area (Å²) in [5, 5.41) is 0. The molecule has 1 fully saturated rings. The Balaban J connectivity index is 1.89. The van der Waals surface area contributed by atoms with Crippen molar-refractivity contribution in [2.24, 2.45) is 0 Å². The average molecular weight is 325 g/mol. The van der Waals surface area contributed by atoms with Crippen LogP contribution in [0.1, 0.15) is 24.6 Å². The van der Waals surface area contributed by atoms with E-state index in [1.165, 1.54) is 24.3 Å². The van der Waals surface area contributed by atoms with Crippen LogP contribution in [0.5, 0.6) is 11.6 Å². The van der Waals surface area contributed by atoms with E-state index in [1.54, 1.807) is 0 Å². The zero-order valence-corrected chi connectivity index (χ0v) is 11.4. The number of hydrogen-bond acceptors (Lipinski definition) is 3. The molecule has 4 nitrogen and oxygen atoms in total. The van der Waals surface area contributed by atoms with E-state index in [1.807, 2.05) is 0 Å². The average Bonchev–Trinajstić information content (AvgIpc) is 3.17. The van der Waals surface area contributed by atoms with E-state index >= 15 is 0 Å². The van der Waals surface area contributed by atoms with Crippen molar-refractivity contribution in [3.05, 3.63) is 50.7 Å². The van der Waals surface area contributed by atoms with Gasteiger partial charge in [0.2, 0.25) is 5.88 Å². The molecular formula is C13H10BrFN2O2. The number of benzene rings is 1. The first-order valence-corrected chi connectivity index (χ1v) is 6.65. The molecule has 98 valence electrons.